The summed E-state index contributed by atoms with van der Waals surface area (Å²) in [4.78, 5) is 11.0. The monoisotopic (exact) mass is 279 g/mol. The fourth-order valence-corrected chi connectivity index (χ4v) is 2.36. The lowest BCUT2D eigenvalue weighted by atomic mass is 10.1. The number of hydrogen-bond donors (Lipinski definition) is 2. The van der Waals surface area contributed by atoms with Gasteiger partial charge in [-0.05, 0) is 51.9 Å². The normalized spacial score (nSPS) is 16.1. The number of benzene rings is 1. The topological polar surface area (TPSA) is 76.4 Å². The van der Waals surface area contributed by atoms with Crippen molar-refractivity contribution in [1.29, 1.82) is 0 Å². The van der Waals surface area contributed by atoms with E-state index < -0.39 is 0 Å². The Kier molecular flexibility index (Phi) is 4.79. The van der Waals surface area contributed by atoms with Crippen LogP contribution in [0.1, 0.15) is 26.7 Å². The smallest absolute Gasteiger partial charge is 0.333 e. The van der Waals surface area contributed by atoms with E-state index in [0.29, 0.717) is 11.4 Å². The van der Waals surface area contributed by atoms with E-state index in [1.165, 1.54) is 0 Å². The lowest BCUT2D eigenvalue weighted by Gasteiger charge is -2.24. The molecule has 1 fully saturated rings. The third-order valence-electron chi connectivity index (χ3n) is 3.24. The minimum atomic E-state index is -0.374. The minimum absolute atomic E-state index is 0.0275. The number of para-hydroxylation sites is 1. The molecule has 110 valence electrons. The first-order valence-corrected chi connectivity index (χ1v) is 6.99. The van der Waals surface area contributed by atoms with Gasteiger partial charge in [-0.3, -0.25) is 10.1 Å². The predicted molar refractivity (Wildman–Crippen MR) is 78.4 cm³/mol. The summed E-state index contributed by atoms with van der Waals surface area (Å²) in [6.07, 6.45) is 1.83. The van der Waals surface area contributed by atoms with E-state index in [9.17, 15) is 10.1 Å². The van der Waals surface area contributed by atoms with Crippen LogP contribution < -0.4 is 15.4 Å². The molecule has 0 amide bonds. The molecule has 2 rings (SSSR count). The number of nitro groups is 1. The molecule has 1 heterocycles. The van der Waals surface area contributed by atoms with Crippen LogP contribution in [0.15, 0.2) is 18.2 Å². The van der Waals surface area contributed by atoms with Crippen molar-refractivity contribution in [3.8, 4) is 5.75 Å². The third-order valence-corrected chi connectivity index (χ3v) is 3.24. The summed E-state index contributed by atoms with van der Waals surface area (Å²) in [6.45, 7) is 5.59. The van der Waals surface area contributed by atoms with Crippen LogP contribution in [0.4, 0.5) is 11.4 Å². The third kappa shape index (κ3) is 3.60. The average molecular weight is 279 g/mol. The molecule has 0 bridgehead atoms. The zero-order valence-corrected chi connectivity index (χ0v) is 11.9. The Morgan fingerprint density at radius 2 is 2.10 bits per heavy atom. The SMILES string of the molecule is CC(C)Oc1cccc(NC2CCNCC2)c1[N+](=O)[O-]. The Morgan fingerprint density at radius 3 is 2.70 bits per heavy atom. The van der Waals surface area contributed by atoms with Crippen LogP contribution in [0.5, 0.6) is 5.75 Å². The number of rotatable bonds is 5. The molecule has 2 N–H and O–H groups in total. The number of anilines is 1. The zero-order chi connectivity index (χ0) is 14.5. The van der Waals surface area contributed by atoms with Crippen LogP contribution in [0, 0.1) is 10.1 Å². The first-order chi connectivity index (χ1) is 9.58. The predicted octanol–water partition coefficient (Wildman–Crippen LogP) is 2.55. The highest BCUT2D eigenvalue weighted by molar-refractivity contribution is 5.68. The first-order valence-electron chi connectivity index (χ1n) is 6.99. The van der Waals surface area contributed by atoms with E-state index in [2.05, 4.69) is 10.6 Å². The second-order valence-corrected chi connectivity index (χ2v) is 5.24. The lowest BCUT2D eigenvalue weighted by Crippen LogP contribution is -2.35. The zero-order valence-electron chi connectivity index (χ0n) is 11.9. The maximum absolute atomic E-state index is 11.3. The molecule has 0 atom stereocenters. The fourth-order valence-electron chi connectivity index (χ4n) is 2.36. The van der Waals surface area contributed by atoms with Gasteiger partial charge in [0.15, 0.2) is 5.75 Å². The fraction of sp³-hybridized carbons (Fsp3) is 0.571. The number of ether oxygens (including phenoxy) is 1. The Bertz CT molecular complexity index is 471. The summed E-state index contributed by atoms with van der Waals surface area (Å²) in [5.41, 5.74) is 0.569. The molecule has 0 radical (unpaired) electrons. The molecule has 6 heteroatoms. The maximum Gasteiger partial charge on any atom is 0.333 e. The van der Waals surface area contributed by atoms with Crippen LogP contribution in [0.3, 0.4) is 0 Å². The van der Waals surface area contributed by atoms with Crippen LogP contribution in [-0.4, -0.2) is 30.2 Å². The van der Waals surface area contributed by atoms with E-state index in [1.54, 1.807) is 18.2 Å². The highest BCUT2D eigenvalue weighted by Gasteiger charge is 2.24. The molecule has 6 nitrogen and oxygen atoms in total. The molecule has 1 aliphatic rings. The second-order valence-electron chi connectivity index (χ2n) is 5.24. The molecule has 0 spiro atoms. The van der Waals surface area contributed by atoms with Crippen molar-refractivity contribution >= 4 is 11.4 Å². The van der Waals surface area contributed by atoms with E-state index in [0.717, 1.165) is 25.9 Å². The van der Waals surface area contributed by atoms with Gasteiger partial charge in [0.2, 0.25) is 0 Å². The van der Waals surface area contributed by atoms with Gasteiger partial charge in [0.1, 0.15) is 5.69 Å². The van der Waals surface area contributed by atoms with Crippen molar-refractivity contribution in [2.24, 2.45) is 0 Å². The molecular weight excluding hydrogens is 258 g/mol. The van der Waals surface area contributed by atoms with Crippen molar-refractivity contribution < 1.29 is 9.66 Å². The Hall–Kier alpha value is -1.82. The minimum Gasteiger partial charge on any atom is -0.484 e. The van der Waals surface area contributed by atoms with Crippen LogP contribution in [0.2, 0.25) is 0 Å². The van der Waals surface area contributed by atoms with Gasteiger partial charge in [-0.2, -0.15) is 0 Å². The van der Waals surface area contributed by atoms with Gasteiger partial charge in [-0.25, -0.2) is 0 Å². The molecule has 20 heavy (non-hydrogen) atoms. The van der Waals surface area contributed by atoms with Gasteiger partial charge in [0.25, 0.3) is 0 Å². The molecule has 0 unspecified atom stereocenters. The molecule has 1 aromatic carbocycles. The van der Waals surface area contributed by atoms with E-state index in [1.807, 2.05) is 13.8 Å². The molecule has 0 aromatic heterocycles. The summed E-state index contributed by atoms with van der Waals surface area (Å²) in [5.74, 6) is 0.323. The summed E-state index contributed by atoms with van der Waals surface area (Å²) in [5, 5.41) is 17.9. The summed E-state index contributed by atoms with van der Waals surface area (Å²) in [6, 6.07) is 5.44. The maximum atomic E-state index is 11.3. The molecule has 0 saturated carbocycles. The number of piperidine rings is 1. The van der Waals surface area contributed by atoms with Gasteiger partial charge in [0, 0.05) is 6.04 Å². The van der Waals surface area contributed by atoms with Crippen molar-refractivity contribution in [1.82, 2.24) is 5.32 Å². The second kappa shape index (κ2) is 6.56. The molecule has 0 aliphatic carbocycles. The number of nitro benzene ring substituents is 1. The largest absolute Gasteiger partial charge is 0.484 e. The highest BCUT2D eigenvalue weighted by Crippen LogP contribution is 2.36. The highest BCUT2D eigenvalue weighted by atomic mass is 16.6. The Morgan fingerprint density at radius 1 is 1.40 bits per heavy atom. The van der Waals surface area contributed by atoms with Gasteiger partial charge in [-0.15, -0.1) is 0 Å². The Labute approximate surface area is 118 Å². The lowest BCUT2D eigenvalue weighted by molar-refractivity contribution is -0.385. The molecular formula is C14H21N3O3. The van der Waals surface area contributed by atoms with Gasteiger partial charge >= 0.3 is 5.69 Å². The van der Waals surface area contributed by atoms with E-state index >= 15 is 0 Å². The molecule has 1 saturated heterocycles. The van der Waals surface area contributed by atoms with Crippen molar-refractivity contribution in [3.63, 3.8) is 0 Å². The van der Waals surface area contributed by atoms with Crippen molar-refractivity contribution in [3.05, 3.63) is 28.3 Å². The first kappa shape index (κ1) is 14.6. The quantitative estimate of drug-likeness (QED) is 0.640. The van der Waals surface area contributed by atoms with E-state index in [4.69, 9.17) is 4.74 Å². The van der Waals surface area contributed by atoms with Crippen molar-refractivity contribution in [2.75, 3.05) is 18.4 Å². The summed E-state index contributed by atoms with van der Waals surface area (Å²) in [7, 11) is 0. The van der Waals surface area contributed by atoms with Crippen LogP contribution in [0.25, 0.3) is 0 Å². The average Bonchev–Trinajstić information content (AvgIpc) is 2.39. The number of nitrogens with one attached hydrogen (secondary N) is 2. The number of nitrogens with zero attached hydrogens (tertiary/aromatic N) is 1. The standard InChI is InChI=1S/C14H21N3O3/c1-10(2)20-13-5-3-4-12(14(13)17(18)19)16-11-6-8-15-9-7-11/h3-5,10-11,15-16H,6-9H2,1-2H3. The van der Waals surface area contributed by atoms with Crippen LogP contribution in [-0.2, 0) is 0 Å². The summed E-state index contributed by atoms with van der Waals surface area (Å²) < 4.78 is 5.54. The molecule has 1 aliphatic heterocycles. The molecule has 1 aromatic rings. The number of hydrogen-bond acceptors (Lipinski definition) is 5. The van der Waals surface area contributed by atoms with Gasteiger partial charge in [-0.1, -0.05) is 6.07 Å². The van der Waals surface area contributed by atoms with Crippen molar-refractivity contribution in [2.45, 2.75) is 38.8 Å². The van der Waals surface area contributed by atoms with E-state index in [-0.39, 0.29) is 22.8 Å². The summed E-state index contributed by atoms with van der Waals surface area (Å²) >= 11 is 0. The van der Waals surface area contributed by atoms with Gasteiger partial charge < -0.3 is 15.4 Å². The van der Waals surface area contributed by atoms with Crippen LogP contribution >= 0.6 is 0 Å². The van der Waals surface area contributed by atoms with Gasteiger partial charge in [0.05, 0.1) is 11.0 Å². The Balaban J connectivity index is 2.24.